The number of hydrogen-bond acceptors (Lipinski definition) is 3. The van der Waals surface area contributed by atoms with Crippen molar-refractivity contribution in [2.24, 2.45) is 5.92 Å². The minimum atomic E-state index is -0.172. The SMILES string of the molecule is CCC1CCCCC1OCCCC(C)(CO)NC(C)C. The van der Waals surface area contributed by atoms with Crippen molar-refractivity contribution in [3.05, 3.63) is 0 Å². The van der Waals surface area contributed by atoms with Gasteiger partial charge in [0.05, 0.1) is 12.7 Å². The van der Waals surface area contributed by atoms with Crippen molar-refractivity contribution in [3.8, 4) is 0 Å². The predicted molar refractivity (Wildman–Crippen MR) is 85.0 cm³/mol. The second kappa shape index (κ2) is 9.01. The molecule has 0 radical (unpaired) electrons. The minimum Gasteiger partial charge on any atom is -0.394 e. The van der Waals surface area contributed by atoms with Crippen LogP contribution in [-0.2, 0) is 4.74 Å². The average Bonchev–Trinajstić information content (AvgIpc) is 2.43. The van der Waals surface area contributed by atoms with Gasteiger partial charge in [-0.2, -0.15) is 0 Å². The highest BCUT2D eigenvalue weighted by Gasteiger charge is 2.26. The summed E-state index contributed by atoms with van der Waals surface area (Å²) in [6, 6.07) is 0.399. The molecule has 0 aromatic carbocycles. The van der Waals surface area contributed by atoms with E-state index in [0.717, 1.165) is 25.4 Å². The molecule has 1 saturated carbocycles. The number of nitrogens with one attached hydrogen (secondary N) is 1. The lowest BCUT2D eigenvalue weighted by Gasteiger charge is -2.33. The van der Waals surface area contributed by atoms with Crippen molar-refractivity contribution >= 4 is 0 Å². The van der Waals surface area contributed by atoms with Crippen LogP contribution >= 0.6 is 0 Å². The molecular weight excluding hydrogens is 250 g/mol. The molecule has 3 unspecified atom stereocenters. The molecule has 20 heavy (non-hydrogen) atoms. The number of aliphatic hydroxyl groups is 1. The maximum atomic E-state index is 9.56. The lowest BCUT2D eigenvalue weighted by molar-refractivity contribution is -0.0162. The number of rotatable bonds is 9. The summed E-state index contributed by atoms with van der Waals surface area (Å²) in [7, 11) is 0. The van der Waals surface area contributed by atoms with Gasteiger partial charge in [-0.3, -0.25) is 0 Å². The van der Waals surface area contributed by atoms with Gasteiger partial charge in [0, 0.05) is 18.2 Å². The standard InChI is InChI=1S/C17H35NO2/c1-5-15-9-6-7-10-16(15)20-12-8-11-17(4,13-19)18-14(2)3/h14-16,18-19H,5-13H2,1-4H3. The molecule has 0 heterocycles. The van der Waals surface area contributed by atoms with Crippen LogP contribution in [0.4, 0.5) is 0 Å². The fourth-order valence-electron chi connectivity index (χ4n) is 3.45. The highest BCUT2D eigenvalue weighted by Crippen LogP contribution is 2.29. The normalized spacial score (nSPS) is 26.7. The summed E-state index contributed by atoms with van der Waals surface area (Å²) in [5, 5.41) is 13.0. The van der Waals surface area contributed by atoms with E-state index in [2.05, 4.69) is 33.0 Å². The Bertz CT molecular complexity index is 257. The largest absolute Gasteiger partial charge is 0.394 e. The molecule has 1 fully saturated rings. The maximum absolute atomic E-state index is 9.56. The van der Waals surface area contributed by atoms with Gasteiger partial charge in [-0.1, -0.05) is 40.0 Å². The highest BCUT2D eigenvalue weighted by atomic mass is 16.5. The van der Waals surface area contributed by atoms with Gasteiger partial charge in [-0.05, 0) is 38.5 Å². The first-order valence-corrected chi connectivity index (χ1v) is 8.51. The van der Waals surface area contributed by atoms with Gasteiger partial charge in [0.2, 0.25) is 0 Å². The Morgan fingerprint density at radius 2 is 2.00 bits per heavy atom. The molecule has 1 rings (SSSR count). The van der Waals surface area contributed by atoms with E-state index in [1.54, 1.807) is 0 Å². The quantitative estimate of drug-likeness (QED) is 0.637. The summed E-state index contributed by atoms with van der Waals surface area (Å²) in [5.74, 6) is 0.766. The van der Waals surface area contributed by atoms with Gasteiger partial charge in [0.1, 0.15) is 0 Å². The Kier molecular flexibility index (Phi) is 8.08. The Hall–Kier alpha value is -0.120. The van der Waals surface area contributed by atoms with Crippen molar-refractivity contribution in [3.63, 3.8) is 0 Å². The van der Waals surface area contributed by atoms with Crippen LogP contribution in [0.2, 0.25) is 0 Å². The van der Waals surface area contributed by atoms with Crippen molar-refractivity contribution < 1.29 is 9.84 Å². The summed E-state index contributed by atoms with van der Waals surface area (Å²) in [4.78, 5) is 0. The molecule has 1 aliphatic carbocycles. The van der Waals surface area contributed by atoms with E-state index in [1.165, 1.54) is 32.1 Å². The molecule has 3 atom stereocenters. The lowest BCUT2D eigenvalue weighted by atomic mass is 9.85. The van der Waals surface area contributed by atoms with Crippen LogP contribution < -0.4 is 5.32 Å². The van der Waals surface area contributed by atoms with E-state index in [9.17, 15) is 5.11 Å². The van der Waals surface area contributed by atoms with Gasteiger partial charge in [0.15, 0.2) is 0 Å². The molecule has 0 spiro atoms. The molecule has 0 aromatic rings. The molecule has 0 aromatic heterocycles. The number of hydrogen-bond donors (Lipinski definition) is 2. The second-order valence-electron chi connectivity index (χ2n) is 6.98. The van der Waals surface area contributed by atoms with Gasteiger partial charge >= 0.3 is 0 Å². The zero-order valence-corrected chi connectivity index (χ0v) is 14.0. The molecule has 1 aliphatic rings. The van der Waals surface area contributed by atoms with Crippen LogP contribution in [0.3, 0.4) is 0 Å². The van der Waals surface area contributed by atoms with Crippen LogP contribution in [0.5, 0.6) is 0 Å². The van der Waals surface area contributed by atoms with Crippen LogP contribution in [-0.4, -0.2) is 36.0 Å². The number of aliphatic hydroxyl groups excluding tert-OH is 1. The molecular formula is C17H35NO2. The Morgan fingerprint density at radius 1 is 1.30 bits per heavy atom. The Balaban J connectivity index is 2.25. The molecule has 120 valence electrons. The topological polar surface area (TPSA) is 41.5 Å². The first kappa shape index (κ1) is 17.9. The molecule has 3 nitrogen and oxygen atoms in total. The second-order valence-corrected chi connectivity index (χ2v) is 6.98. The van der Waals surface area contributed by atoms with Gasteiger partial charge in [-0.15, -0.1) is 0 Å². The van der Waals surface area contributed by atoms with Crippen LogP contribution in [0.25, 0.3) is 0 Å². The molecule has 3 heteroatoms. The zero-order valence-electron chi connectivity index (χ0n) is 14.0. The monoisotopic (exact) mass is 285 g/mol. The predicted octanol–water partition coefficient (Wildman–Crippen LogP) is 3.50. The average molecular weight is 285 g/mol. The molecule has 2 N–H and O–H groups in total. The smallest absolute Gasteiger partial charge is 0.0610 e. The van der Waals surface area contributed by atoms with Gasteiger partial charge in [0.25, 0.3) is 0 Å². The van der Waals surface area contributed by atoms with E-state index < -0.39 is 0 Å². The van der Waals surface area contributed by atoms with Gasteiger partial charge < -0.3 is 15.2 Å². The zero-order chi connectivity index (χ0) is 15.0. The Morgan fingerprint density at radius 3 is 2.60 bits per heavy atom. The van der Waals surface area contributed by atoms with E-state index >= 15 is 0 Å². The molecule has 0 saturated heterocycles. The van der Waals surface area contributed by atoms with Gasteiger partial charge in [-0.25, -0.2) is 0 Å². The van der Waals surface area contributed by atoms with Crippen molar-refractivity contribution in [1.82, 2.24) is 5.32 Å². The van der Waals surface area contributed by atoms with E-state index in [1.807, 2.05) is 0 Å². The lowest BCUT2D eigenvalue weighted by Crippen LogP contribution is -2.49. The fraction of sp³-hybridized carbons (Fsp3) is 1.00. The third kappa shape index (κ3) is 6.11. The summed E-state index contributed by atoms with van der Waals surface area (Å²) in [6.45, 7) is 9.64. The Labute approximate surface area is 125 Å². The van der Waals surface area contributed by atoms with E-state index in [-0.39, 0.29) is 12.1 Å². The van der Waals surface area contributed by atoms with Crippen LogP contribution in [0.15, 0.2) is 0 Å². The number of ether oxygens (including phenoxy) is 1. The highest BCUT2D eigenvalue weighted by molar-refractivity contribution is 4.84. The minimum absolute atomic E-state index is 0.172. The fourth-order valence-corrected chi connectivity index (χ4v) is 3.45. The first-order valence-electron chi connectivity index (χ1n) is 8.51. The summed E-state index contributed by atoms with van der Waals surface area (Å²) in [5.41, 5.74) is -0.172. The third-order valence-corrected chi connectivity index (χ3v) is 4.55. The molecule has 0 bridgehead atoms. The summed E-state index contributed by atoms with van der Waals surface area (Å²) < 4.78 is 6.12. The third-order valence-electron chi connectivity index (χ3n) is 4.55. The van der Waals surface area contributed by atoms with E-state index in [4.69, 9.17) is 4.74 Å². The summed E-state index contributed by atoms with van der Waals surface area (Å²) in [6.07, 6.45) is 8.98. The first-order chi connectivity index (χ1) is 9.50. The van der Waals surface area contributed by atoms with Crippen LogP contribution in [0.1, 0.15) is 72.6 Å². The van der Waals surface area contributed by atoms with Crippen molar-refractivity contribution in [2.75, 3.05) is 13.2 Å². The van der Waals surface area contributed by atoms with Crippen LogP contribution in [0, 0.1) is 5.92 Å². The van der Waals surface area contributed by atoms with Crippen molar-refractivity contribution in [1.29, 1.82) is 0 Å². The summed E-state index contributed by atoms with van der Waals surface area (Å²) >= 11 is 0. The van der Waals surface area contributed by atoms with E-state index in [0.29, 0.717) is 12.1 Å². The molecule has 0 aliphatic heterocycles. The molecule has 0 amide bonds. The van der Waals surface area contributed by atoms with Crippen molar-refractivity contribution in [2.45, 2.75) is 90.3 Å². The maximum Gasteiger partial charge on any atom is 0.0610 e.